The fourth-order valence-corrected chi connectivity index (χ4v) is 1.73. The standard InChI is InChI=1S/C14H20O3/c1-5-17-12-8-6-11(7-9-12)10-14(2,3)13(15)16-4/h6-9H,5,10H2,1-4H3. The summed E-state index contributed by atoms with van der Waals surface area (Å²) in [6.45, 7) is 6.38. The lowest BCUT2D eigenvalue weighted by molar-refractivity contribution is -0.150. The molecule has 3 heteroatoms. The fraction of sp³-hybridized carbons (Fsp3) is 0.500. The van der Waals surface area contributed by atoms with Crippen LogP contribution in [0, 0.1) is 5.41 Å². The van der Waals surface area contributed by atoms with Gasteiger partial charge in [-0.2, -0.15) is 0 Å². The molecule has 0 fully saturated rings. The average Bonchev–Trinajstić information content (AvgIpc) is 2.30. The highest BCUT2D eigenvalue weighted by molar-refractivity contribution is 5.76. The Morgan fingerprint density at radius 2 is 1.82 bits per heavy atom. The smallest absolute Gasteiger partial charge is 0.311 e. The minimum Gasteiger partial charge on any atom is -0.494 e. The summed E-state index contributed by atoms with van der Waals surface area (Å²) in [6.07, 6.45) is 0.659. The van der Waals surface area contributed by atoms with E-state index in [0.717, 1.165) is 11.3 Å². The molecule has 0 unspecified atom stereocenters. The summed E-state index contributed by atoms with van der Waals surface area (Å²) < 4.78 is 10.2. The van der Waals surface area contributed by atoms with Gasteiger partial charge in [0.15, 0.2) is 0 Å². The molecule has 0 aliphatic heterocycles. The topological polar surface area (TPSA) is 35.5 Å². The Morgan fingerprint density at radius 3 is 2.29 bits per heavy atom. The third-order valence-corrected chi connectivity index (χ3v) is 2.62. The predicted molar refractivity (Wildman–Crippen MR) is 67.1 cm³/mol. The molecule has 3 nitrogen and oxygen atoms in total. The minimum absolute atomic E-state index is 0.189. The van der Waals surface area contributed by atoms with Crippen LogP contribution in [-0.2, 0) is 16.0 Å². The number of carbonyl (C=O) groups excluding carboxylic acids is 1. The van der Waals surface area contributed by atoms with E-state index in [-0.39, 0.29) is 5.97 Å². The van der Waals surface area contributed by atoms with E-state index in [1.807, 2.05) is 45.0 Å². The molecule has 0 spiro atoms. The normalized spacial score (nSPS) is 11.1. The van der Waals surface area contributed by atoms with Gasteiger partial charge < -0.3 is 9.47 Å². The van der Waals surface area contributed by atoms with Gasteiger partial charge in [0.25, 0.3) is 0 Å². The lowest BCUT2D eigenvalue weighted by atomic mass is 9.86. The van der Waals surface area contributed by atoms with E-state index in [1.54, 1.807) is 0 Å². The number of rotatable bonds is 5. The predicted octanol–water partition coefficient (Wildman–Crippen LogP) is 2.83. The summed E-state index contributed by atoms with van der Waals surface area (Å²) in [5.41, 5.74) is 0.603. The third kappa shape index (κ3) is 3.77. The molecule has 1 aromatic carbocycles. The first-order chi connectivity index (χ1) is 7.99. The van der Waals surface area contributed by atoms with E-state index in [4.69, 9.17) is 9.47 Å². The Bertz CT molecular complexity index is 366. The van der Waals surface area contributed by atoms with Crippen LogP contribution in [0.4, 0.5) is 0 Å². The quantitative estimate of drug-likeness (QED) is 0.737. The van der Waals surface area contributed by atoms with Gasteiger partial charge in [0.1, 0.15) is 5.75 Å². The van der Waals surface area contributed by atoms with E-state index in [9.17, 15) is 4.79 Å². The highest BCUT2D eigenvalue weighted by Crippen LogP contribution is 2.24. The highest BCUT2D eigenvalue weighted by atomic mass is 16.5. The molecule has 0 heterocycles. The van der Waals surface area contributed by atoms with Crippen LogP contribution in [-0.4, -0.2) is 19.7 Å². The van der Waals surface area contributed by atoms with Gasteiger partial charge in [-0.15, -0.1) is 0 Å². The van der Waals surface area contributed by atoms with Crippen molar-refractivity contribution in [3.63, 3.8) is 0 Å². The van der Waals surface area contributed by atoms with Crippen molar-refractivity contribution in [2.24, 2.45) is 5.41 Å². The second-order valence-electron chi connectivity index (χ2n) is 4.63. The van der Waals surface area contributed by atoms with Crippen LogP contribution in [0.5, 0.6) is 5.75 Å². The van der Waals surface area contributed by atoms with E-state index in [1.165, 1.54) is 7.11 Å². The van der Waals surface area contributed by atoms with Gasteiger partial charge in [-0.05, 0) is 44.9 Å². The van der Waals surface area contributed by atoms with E-state index < -0.39 is 5.41 Å². The van der Waals surface area contributed by atoms with Gasteiger partial charge in [0.2, 0.25) is 0 Å². The number of hydrogen-bond donors (Lipinski definition) is 0. The fourth-order valence-electron chi connectivity index (χ4n) is 1.73. The Balaban J connectivity index is 2.71. The van der Waals surface area contributed by atoms with Gasteiger partial charge >= 0.3 is 5.97 Å². The molecule has 0 atom stereocenters. The van der Waals surface area contributed by atoms with Crippen LogP contribution in [0.15, 0.2) is 24.3 Å². The third-order valence-electron chi connectivity index (χ3n) is 2.62. The van der Waals surface area contributed by atoms with E-state index in [2.05, 4.69) is 0 Å². The molecule has 0 bridgehead atoms. The minimum atomic E-state index is -0.498. The zero-order chi connectivity index (χ0) is 12.9. The number of carbonyl (C=O) groups is 1. The highest BCUT2D eigenvalue weighted by Gasteiger charge is 2.28. The Morgan fingerprint density at radius 1 is 1.24 bits per heavy atom. The summed E-state index contributed by atoms with van der Waals surface area (Å²) in [5.74, 6) is 0.665. The number of hydrogen-bond acceptors (Lipinski definition) is 3. The maximum atomic E-state index is 11.6. The molecular formula is C14H20O3. The second kappa shape index (κ2) is 5.71. The largest absolute Gasteiger partial charge is 0.494 e. The van der Waals surface area contributed by atoms with Crippen molar-refractivity contribution in [1.82, 2.24) is 0 Å². The number of esters is 1. The van der Waals surface area contributed by atoms with E-state index >= 15 is 0 Å². The summed E-state index contributed by atoms with van der Waals surface area (Å²) in [4.78, 5) is 11.6. The first-order valence-electron chi connectivity index (χ1n) is 5.79. The molecule has 0 saturated heterocycles. The van der Waals surface area contributed by atoms with Gasteiger partial charge in [-0.3, -0.25) is 4.79 Å². The van der Waals surface area contributed by atoms with Gasteiger partial charge in [-0.1, -0.05) is 12.1 Å². The zero-order valence-electron chi connectivity index (χ0n) is 10.9. The molecule has 1 aromatic rings. The molecular weight excluding hydrogens is 216 g/mol. The van der Waals surface area contributed by atoms with Crippen molar-refractivity contribution >= 4 is 5.97 Å². The Labute approximate surface area is 103 Å². The van der Waals surface area contributed by atoms with E-state index in [0.29, 0.717) is 13.0 Å². The van der Waals surface area contributed by atoms with Crippen molar-refractivity contribution in [3.8, 4) is 5.75 Å². The molecule has 0 amide bonds. The molecule has 0 saturated carbocycles. The first-order valence-corrected chi connectivity index (χ1v) is 5.79. The van der Waals surface area contributed by atoms with Crippen LogP contribution >= 0.6 is 0 Å². The molecule has 0 radical (unpaired) electrons. The van der Waals surface area contributed by atoms with Gasteiger partial charge in [0, 0.05) is 0 Å². The number of methoxy groups -OCH3 is 1. The molecule has 1 rings (SSSR count). The maximum Gasteiger partial charge on any atom is 0.311 e. The first kappa shape index (κ1) is 13.6. The maximum absolute atomic E-state index is 11.6. The van der Waals surface area contributed by atoms with Gasteiger partial charge in [-0.25, -0.2) is 0 Å². The van der Waals surface area contributed by atoms with Crippen LogP contribution in [0.25, 0.3) is 0 Å². The Kier molecular flexibility index (Phi) is 4.55. The molecule has 17 heavy (non-hydrogen) atoms. The zero-order valence-corrected chi connectivity index (χ0v) is 10.9. The molecule has 94 valence electrons. The summed E-state index contributed by atoms with van der Waals surface area (Å²) >= 11 is 0. The van der Waals surface area contributed by atoms with Crippen molar-refractivity contribution < 1.29 is 14.3 Å². The SMILES string of the molecule is CCOc1ccc(CC(C)(C)C(=O)OC)cc1. The monoisotopic (exact) mass is 236 g/mol. The second-order valence-corrected chi connectivity index (χ2v) is 4.63. The molecule has 0 N–H and O–H groups in total. The summed E-state index contributed by atoms with van der Waals surface area (Å²) in [5, 5.41) is 0. The van der Waals surface area contributed by atoms with Crippen molar-refractivity contribution in [2.45, 2.75) is 27.2 Å². The van der Waals surface area contributed by atoms with Crippen LogP contribution in [0.3, 0.4) is 0 Å². The molecule has 0 aliphatic carbocycles. The molecule has 0 aliphatic rings. The van der Waals surface area contributed by atoms with Crippen molar-refractivity contribution in [1.29, 1.82) is 0 Å². The van der Waals surface area contributed by atoms with Crippen LogP contribution < -0.4 is 4.74 Å². The van der Waals surface area contributed by atoms with Crippen molar-refractivity contribution in [2.75, 3.05) is 13.7 Å². The van der Waals surface area contributed by atoms with Crippen LogP contribution in [0.2, 0.25) is 0 Å². The van der Waals surface area contributed by atoms with Crippen molar-refractivity contribution in [3.05, 3.63) is 29.8 Å². The van der Waals surface area contributed by atoms with Gasteiger partial charge in [0.05, 0.1) is 19.1 Å². The Hall–Kier alpha value is -1.51. The molecule has 0 aromatic heterocycles. The lowest BCUT2D eigenvalue weighted by Crippen LogP contribution is -2.27. The summed E-state index contributed by atoms with van der Waals surface area (Å²) in [6, 6.07) is 7.81. The number of benzene rings is 1. The lowest BCUT2D eigenvalue weighted by Gasteiger charge is -2.21. The average molecular weight is 236 g/mol. The number of ether oxygens (including phenoxy) is 2. The summed E-state index contributed by atoms with van der Waals surface area (Å²) in [7, 11) is 1.42. The van der Waals surface area contributed by atoms with Crippen LogP contribution in [0.1, 0.15) is 26.3 Å².